The van der Waals surface area contributed by atoms with E-state index in [4.69, 9.17) is 0 Å². The van der Waals surface area contributed by atoms with Crippen molar-refractivity contribution in [3.63, 3.8) is 0 Å². The minimum absolute atomic E-state index is 0.0542. The summed E-state index contributed by atoms with van der Waals surface area (Å²) in [6, 6.07) is 10.1. The van der Waals surface area contributed by atoms with Crippen LogP contribution >= 0.6 is 11.8 Å². The lowest BCUT2D eigenvalue weighted by atomic mass is 10.1. The second kappa shape index (κ2) is 6.25. The van der Waals surface area contributed by atoms with Crippen molar-refractivity contribution in [2.75, 3.05) is 19.5 Å². The Morgan fingerprint density at radius 2 is 2.17 bits per heavy atom. The molecule has 1 aliphatic heterocycles. The van der Waals surface area contributed by atoms with E-state index in [0.717, 1.165) is 13.0 Å². The summed E-state index contributed by atoms with van der Waals surface area (Å²) in [5.74, 6) is 0.236. The van der Waals surface area contributed by atoms with Gasteiger partial charge < -0.3 is 4.90 Å². The number of rotatable bonds is 5. The Balaban J connectivity index is 1.91. The zero-order chi connectivity index (χ0) is 13.0. The van der Waals surface area contributed by atoms with Crippen LogP contribution in [0.15, 0.2) is 30.3 Å². The molecule has 0 aliphatic carbocycles. The third-order valence-electron chi connectivity index (χ3n) is 3.30. The first-order valence-corrected chi connectivity index (χ1v) is 7.58. The molecule has 2 atom stereocenters. The highest BCUT2D eigenvalue weighted by Crippen LogP contribution is 2.14. The number of hydrogen-bond acceptors (Lipinski definition) is 3. The van der Waals surface area contributed by atoms with E-state index in [1.165, 1.54) is 5.56 Å². The molecule has 1 heterocycles. The summed E-state index contributed by atoms with van der Waals surface area (Å²) in [7, 11) is 0. The third-order valence-corrected chi connectivity index (χ3v) is 4.25. The van der Waals surface area contributed by atoms with Gasteiger partial charge in [-0.25, -0.2) is 0 Å². The van der Waals surface area contributed by atoms with Gasteiger partial charge in [-0.1, -0.05) is 37.3 Å². The van der Waals surface area contributed by atoms with Crippen LogP contribution in [0.3, 0.4) is 0 Å². The summed E-state index contributed by atoms with van der Waals surface area (Å²) in [6.07, 6.45) is 2.86. The molecule has 1 saturated heterocycles. The predicted molar refractivity (Wildman–Crippen MR) is 76.6 cm³/mol. The highest BCUT2D eigenvalue weighted by Gasteiger charge is 2.31. The molecule has 2 rings (SSSR count). The fourth-order valence-corrected chi connectivity index (χ4v) is 2.48. The standard InChI is InChI=1S/C14H20N2OS/c1-11(18-2)9-16-10-15-13(14(16)17)8-12-6-4-3-5-7-12/h3-7,11,13,15H,8-10H2,1-2H3. The van der Waals surface area contributed by atoms with E-state index in [2.05, 4.69) is 30.6 Å². The molecule has 0 saturated carbocycles. The molecule has 0 spiro atoms. The Labute approximate surface area is 113 Å². The van der Waals surface area contributed by atoms with E-state index < -0.39 is 0 Å². The van der Waals surface area contributed by atoms with E-state index in [0.29, 0.717) is 11.9 Å². The number of nitrogens with one attached hydrogen (secondary N) is 1. The molecule has 0 aromatic heterocycles. The van der Waals surface area contributed by atoms with E-state index in [1.807, 2.05) is 23.1 Å². The Morgan fingerprint density at radius 3 is 2.83 bits per heavy atom. The molecule has 18 heavy (non-hydrogen) atoms. The van der Waals surface area contributed by atoms with Crippen molar-refractivity contribution in [1.82, 2.24) is 10.2 Å². The van der Waals surface area contributed by atoms with Gasteiger partial charge >= 0.3 is 0 Å². The van der Waals surface area contributed by atoms with Gasteiger partial charge in [-0.2, -0.15) is 11.8 Å². The van der Waals surface area contributed by atoms with Gasteiger partial charge in [0.25, 0.3) is 0 Å². The first kappa shape index (κ1) is 13.4. The summed E-state index contributed by atoms with van der Waals surface area (Å²) in [6.45, 7) is 3.67. The molecule has 1 fully saturated rings. The van der Waals surface area contributed by atoms with Crippen LogP contribution in [0.4, 0.5) is 0 Å². The van der Waals surface area contributed by atoms with Gasteiger partial charge in [0.05, 0.1) is 12.7 Å². The van der Waals surface area contributed by atoms with Crippen LogP contribution in [0.2, 0.25) is 0 Å². The van der Waals surface area contributed by atoms with Gasteiger partial charge in [0.2, 0.25) is 5.91 Å². The number of nitrogens with zero attached hydrogens (tertiary/aromatic N) is 1. The second-order valence-corrected chi connectivity index (χ2v) is 5.99. The van der Waals surface area contributed by atoms with Crippen molar-refractivity contribution in [3.8, 4) is 0 Å². The summed E-state index contributed by atoms with van der Waals surface area (Å²) >= 11 is 1.80. The maximum absolute atomic E-state index is 12.2. The minimum atomic E-state index is -0.0542. The lowest BCUT2D eigenvalue weighted by Crippen LogP contribution is -2.35. The van der Waals surface area contributed by atoms with E-state index in [-0.39, 0.29) is 11.9 Å². The normalized spacial score (nSPS) is 21.3. The average molecular weight is 264 g/mol. The number of thioether (sulfide) groups is 1. The lowest BCUT2D eigenvalue weighted by Gasteiger charge is -2.19. The molecular formula is C14H20N2OS. The number of amides is 1. The molecule has 2 unspecified atom stereocenters. The van der Waals surface area contributed by atoms with Gasteiger partial charge in [0.1, 0.15) is 0 Å². The second-order valence-electron chi connectivity index (χ2n) is 4.71. The van der Waals surface area contributed by atoms with Gasteiger partial charge in [-0.15, -0.1) is 0 Å². The molecule has 1 aromatic carbocycles. The summed E-state index contributed by atoms with van der Waals surface area (Å²) in [5.41, 5.74) is 1.21. The Bertz CT molecular complexity index is 396. The molecule has 4 heteroatoms. The van der Waals surface area contributed by atoms with Crippen LogP contribution in [0.1, 0.15) is 12.5 Å². The van der Waals surface area contributed by atoms with E-state index in [1.54, 1.807) is 11.8 Å². The topological polar surface area (TPSA) is 32.3 Å². The monoisotopic (exact) mass is 264 g/mol. The molecule has 1 amide bonds. The van der Waals surface area contributed by atoms with Crippen LogP contribution in [0.25, 0.3) is 0 Å². The van der Waals surface area contributed by atoms with Crippen molar-refractivity contribution in [2.45, 2.75) is 24.6 Å². The summed E-state index contributed by atoms with van der Waals surface area (Å²) in [5, 5.41) is 3.79. The maximum Gasteiger partial charge on any atom is 0.241 e. The van der Waals surface area contributed by atoms with Crippen LogP contribution in [-0.2, 0) is 11.2 Å². The Morgan fingerprint density at radius 1 is 1.44 bits per heavy atom. The first-order chi connectivity index (χ1) is 8.70. The van der Waals surface area contributed by atoms with E-state index in [9.17, 15) is 4.79 Å². The van der Waals surface area contributed by atoms with Gasteiger partial charge in [0, 0.05) is 11.8 Å². The average Bonchev–Trinajstić information content (AvgIpc) is 2.73. The molecule has 0 bridgehead atoms. The number of carbonyl (C=O) groups excluding carboxylic acids is 1. The van der Waals surface area contributed by atoms with E-state index >= 15 is 0 Å². The molecular weight excluding hydrogens is 244 g/mol. The molecule has 3 nitrogen and oxygen atoms in total. The third kappa shape index (κ3) is 3.27. The number of hydrogen-bond donors (Lipinski definition) is 1. The highest BCUT2D eigenvalue weighted by atomic mass is 32.2. The molecule has 1 aromatic rings. The lowest BCUT2D eigenvalue weighted by molar-refractivity contribution is -0.128. The van der Waals surface area contributed by atoms with Crippen LogP contribution in [0, 0.1) is 0 Å². The largest absolute Gasteiger partial charge is 0.327 e. The molecule has 1 N–H and O–H groups in total. The van der Waals surface area contributed by atoms with Crippen molar-refractivity contribution in [2.24, 2.45) is 0 Å². The Kier molecular flexibility index (Phi) is 4.66. The maximum atomic E-state index is 12.2. The summed E-state index contributed by atoms with van der Waals surface area (Å²) in [4.78, 5) is 14.1. The van der Waals surface area contributed by atoms with Gasteiger partial charge in [0.15, 0.2) is 0 Å². The zero-order valence-corrected chi connectivity index (χ0v) is 11.7. The molecule has 1 aliphatic rings. The van der Waals surface area contributed by atoms with Crippen molar-refractivity contribution in [3.05, 3.63) is 35.9 Å². The quantitative estimate of drug-likeness (QED) is 0.879. The molecule has 98 valence electrons. The predicted octanol–water partition coefficient (Wildman–Crippen LogP) is 1.74. The minimum Gasteiger partial charge on any atom is -0.327 e. The summed E-state index contributed by atoms with van der Waals surface area (Å²) < 4.78 is 0. The van der Waals surface area contributed by atoms with Crippen molar-refractivity contribution >= 4 is 17.7 Å². The number of benzene rings is 1. The first-order valence-electron chi connectivity index (χ1n) is 6.29. The van der Waals surface area contributed by atoms with Gasteiger partial charge in [-0.05, 0) is 18.2 Å². The number of carbonyl (C=O) groups is 1. The van der Waals surface area contributed by atoms with Crippen molar-refractivity contribution in [1.29, 1.82) is 0 Å². The zero-order valence-electron chi connectivity index (χ0n) is 10.9. The fourth-order valence-electron chi connectivity index (χ4n) is 2.15. The van der Waals surface area contributed by atoms with Crippen LogP contribution in [0.5, 0.6) is 0 Å². The van der Waals surface area contributed by atoms with Crippen LogP contribution < -0.4 is 5.32 Å². The van der Waals surface area contributed by atoms with Crippen LogP contribution in [-0.4, -0.2) is 41.6 Å². The van der Waals surface area contributed by atoms with Crippen molar-refractivity contribution < 1.29 is 4.79 Å². The molecule has 0 radical (unpaired) electrons. The fraction of sp³-hybridized carbons (Fsp3) is 0.500. The Hall–Kier alpha value is -1.00. The van der Waals surface area contributed by atoms with Gasteiger partial charge in [-0.3, -0.25) is 10.1 Å². The smallest absolute Gasteiger partial charge is 0.241 e. The SMILES string of the molecule is CSC(C)CN1CNC(Cc2ccccc2)C1=O. The highest BCUT2D eigenvalue weighted by molar-refractivity contribution is 7.99.